The van der Waals surface area contributed by atoms with Crippen LogP contribution in [-0.2, 0) is 6.42 Å². The molecule has 0 aliphatic heterocycles. The number of non-ortho nitro benzene ring substituents is 1. The molecule has 1 heterocycles. The fourth-order valence-corrected chi connectivity index (χ4v) is 2.19. The molecule has 0 aliphatic carbocycles. The van der Waals surface area contributed by atoms with E-state index in [9.17, 15) is 10.1 Å². The van der Waals surface area contributed by atoms with Crippen LogP contribution in [0.25, 0.3) is 11.0 Å². The maximum Gasteiger partial charge on any atom is 0.269 e. The van der Waals surface area contributed by atoms with Crippen molar-refractivity contribution in [2.75, 3.05) is 5.43 Å². The third-order valence-corrected chi connectivity index (χ3v) is 3.32. The number of hydrogen-bond acceptors (Lipinski definition) is 5. The lowest BCUT2D eigenvalue weighted by molar-refractivity contribution is -0.384. The second-order valence-corrected chi connectivity index (χ2v) is 5.14. The summed E-state index contributed by atoms with van der Waals surface area (Å²) in [4.78, 5) is 17.9. The van der Waals surface area contributed by atoms with Crippen LogP contribution in [0.1, 0.15) is 12.7 Å². The number of nitro groups is 1. The number of aromatic nitrogens is 2. The Morgan fingerprint density at radius 1 is 1.26 bits per heavy atom. The summed E-state index contributed by atoms with van der Waals surface area (Å²) in [5.74, 6) is 0.845. The summed E-state index contributed by atoms with van der Waals surface area (Å²) in [6.07, 6.45) is 0.592. The van der Waals surface area contributed by atoms with Gasteiger partial charge in [0.05, 0.1) is 21.6 Å². The number of para-hydroxylation sites is 2. The minimum absolute atomic E-state index is 0.0542. The number of hydrogen-bond donors (Lipinski definition) is 2. The van der Waals surface area contributed by atoms with E-state index in [1.165, 1.54) is 12.1 Å². The van der Waals surface area contributed by atoms with E-state index in [1.807, 2.05) is 31.2 Å². The largest absolute Gasteiger partial charge is 0.342 e. The zero-order valence-electron chi connectivity index (χ0n) is 12.5. The fourth-order valence-electron chi connectivity index (χ4n) is 2.19. The van der Waals surface area contributed by atoms with Crippen molar-refractivity contribution in [1.29, 1.82) is 0 Å². The molecule has 0 fully saturated rings. The van der Waals surface area contributed by atoms with Crippen molar-refractivity contribution < 1.29 is 4.92 Å². The van der Waals surface area contributed by atoms with Gasteiger partial charge in [0.1, 0.15) is 5.82 Å². The molecule has 0 radical (unpaired) electrons. The Morgan fingerprint density at radius 2 is 2.00 bits per heavy atom. The van der Waals surface area contributed by atoms with Crippen LogP contribution >= 0.6 is 0 Å². The molecule has 0 bridgehead atoms. The van der Waals surface area contributed by atoms with Gasteiger partial charge in [-0.05, 0) is 31.2 Å². The third-order valence-electron chi connectivity index (χ3n) is 3.32. The average molecular weight is 309 g/mol. The Hall–Kier alpha value is -3.22. The van der Waals surface area contributed by atoms with Crippen LogP contribution < -0.4 is 5.43 Å². The van der Waals surface area contributed by atoms with E-state index in [1.54, 1.807) is 12.1 Å². The van der Waals surface area contributed by atoms with Gasteiger partial charge in [0.25, 0.3) is 5.69 Å². The highest BCUT2D eigenvalue weighted by Gasteiger charge is 2.05. The molecule has 2 aromatic carbocycles. The molecule has 1 aromatic heterocycles. The number of benzene rings is 2. The minimum atomic E-state index is -0.431. The van der Waals surface area contributed by atoms with Gasteiger partial charge >= 0.3 is 0 Å². The van der Waals surface area contributed by atoms with Gasteiger partial charge in [-0.15, -0.1) is 0 Å². The lowest BCUT2D eigenvalue weighted by Crippen LogP contribution is -2.03. The summed E-state index contributed by atoms with van der Waals surface area (Å²) in [5, 5.41) is 14.9. The van der Waals surface area contributed by atoms with Crippen molar-refractivity contribution in [3.05, 3.63) is 64.5 Å². The highest BCUT2D eigenvalue weighted by Crippen LogP contribution is 2.15. The number of hydrazone groups is 1. The molecular weight excluding hydrogens is 294 g/mol. The van der Waals surface area contributed by atoms with Crippen molar-refractivity contribution in [3.63, 3.8) is 0 Å². The number of H-pyrrole nitrogens is 1. The first kappa shape index (κ1) is 14.7. The Morgan fingerprint density at radius 3 is 2.70 bits per heavy atom. The summed E-state index contributed by atoms with van der Waals surface area (Å²) in [6.45, 7) is 1.89. The van der Waals surface area contributed by atoms with Crippen molar-refractivity contribution in [2.24, 2.45) is 5.10 Å². The van der Waals surface area contributed by atoms with Crippen LogP contribution in [-0.4, -0.2) is 20.6 Å². The van der Waals surface area contributed by atoms with Gasteiger partial charge in [0.2, 0.25) is 0 Å². The summed E-state index contributed by atoms with van der Waals surface area (Å²) in [7, 11) is 0. The number of nitro benzene ring substituents is 1. The molecule has 116 valence electrons. The second-order valence-electron chi connectivity index (χ2n) is 5.14. The maximum atomic E-state index is 10.6. The van der Waals surface area contributed by atoms with Crippen LogP contribution in [0.4, 0.5) is 11.4 Å². The first-order chi connectivity index (χ1) is 11.1. The Labute approximate surface area is 132 Å². The van der Waals surface area contributed by atoms with E-state index < -0.39 is 4.92 Å². The van der Waals surface area contributed by atoms with Gasteiger partial charge in [-0.1, -0.05) is 12.1 Å². The molecule has 7 nitrogen and oxygen atoms in total. The first-order valence-electron chi connectivity index (χ1n) is 7.09. The topological polar surface area (TPSA) is 96.2 Å². The molecule has 0 saturated heterocycles. The van der Waals surface area contributed by atoms with E-state index in [-0.39, 0.29) is 5.69 Å². The molecule has 23 heavy (non-hydrogen) atoms. The standard InChI is InChI=1S/C16H15N5O2/c1-11(10-16-17-14-4-2-3-5-15(14)18-16)19-20-12-6-8-13(9-7-12)21(22)23/h2-9,20H,10H2,1H3,(H,17,18)/b19-11-. The molecule has 7 heteroatoms. The predicted molar refractivity (Wildman–Crippen MR) is 89.6 cm³/mol. The molecule has 3 aromatic rings. The van der Waals surface area contributed by atoms with Crippen LogP contribution in [0, 0.1) is 10.1 Å². The zero-order chi connectivity index (χ0) is 16.2. The van der Waals surface area contributed by atoms with Gasteiger partial charge in [-0.2, -0.15) is 5.10 Å². The quantitative estimate of drug-likeness (QED) is 0.428. The lowest BCUT2D eigenvalue weighted by atomic mass is 10.3. The van der Waals surface area contributed by atoms with E-state index in [4.69, 9.17) is 0 Å². The number of anilines is 1. The number of imidazole rings is 1. The smallest absolute Gasteiger partial charge is 0.269 e. The number of nitrogens with zero attached hydrogens (tertiary/aromatic N) is 3. The number of nitrogens with one attached hydrogen (secondary N) is 2. The minimum Gasteiger partial charge on any atom is -0.342 e. The number of rotatable bonds is 5. The zero-order valence-corrected chi connectivity index (χ0v) is 12.5. The Balaban J connectivity index is 1.66. The maximum absolute atomic E-state index is 10.6. The van der Waals surface area contributed by atoms with Crippen molar-refractivity contribution in [1.82, 2.24) is 9.97 Å². The van der Waals surface area contributed by atoms with Gasteiger partial charge < -0.3 is 4.98 Å². The predicted octanol–water partition coefficient (Wildman–Crippen LogP) is 3.50. The molecule has 0 spiro atoms. The second kappa shape index (κ2) is 6.27. The highest BCUT2D eigenvalue weighted by molar-refractivity contribution is 5.85. The SMILES string of the molecule is C/C(Cc1nc2ccccc2[nH]1)=N/Nc1ccc([N+](=O)[O-])cc1. The Bertz CT molecular complexity index is 835. The molecule has 0 unspecified atom stereocenters. The number of fused-ring (bicyclic) bond motifs is 1. The van der Waals surface area contributed by atoms with Crippen molar-refractivity contribution in [3.8, 4) is 0 Å². The summed E-state index contributed by atoms with van der Waals surface area (Å²) < 4.78 is 0. The highest BCUT2D eigenvalue weighted by atomic mass is 16.6. The van der Waals surface area contributed by atoms with Crippen LogP contribution in [0.3, 0.4) is 0 Å². The summed E-state index contributed by atoms with van der Waals surface area (Å²) in [6, 6.07) is 14.0. The van der Waals surface area contributed by atoms with Gasteiger partial charge in [-0.25, -0.2) is 4.98 Å². The third kappa shape index (κ3) is 3.52. The molecule has 0 aliphatic rings. The van der Waals surface area contributed by atoms with Gasteiger partial charge in [0.15, 0.2) is 0 Å². The first-order valence-corrected chi connectivity index (χ1v) is 7.09. The van der Waals surface area contributed by atoms with E-state index in [2.05, 4.69) is 20.5 Å². The molecule has 0 saturated carbocycles. The molecular formula is C16H15N5O2. The van der Waals surface area contributed by atoms with E-state index in [0.29, 0.717) is 12.1 Å². The molecule has 3 rings (SSSR count). The molecule has 0 atom stereocenters. The van der Waals surface area contributed by atoms with E-state index in [0.717, 1.165) is 22.6 Å². The van der Waals surface area contributed by atoms with Crippen LogP contribution in [0.5, 0.6) is 0 Å². The van der Waals surface area contributed by atoms with Crippen LogP contribution in [0.2, 0.25) is 0 Å². The van der Waals surface area contributed by atoms with Crippen molar-refractivity contribution in [2.45, 2.75) is 13.3 Å². The van der Waals surface area contributed by atoms with E-state index >= 15 is 0 Å². The Kier molecular flexibility index (Phi) is 4.01. The van der Waals surface area contributed by atoms with Gasteiger partial charge in [0, 0.05) is 24.3 Å². The number of aromatic amines is 1. The normalized spacial score (nSPS) is 11.6. The van der Waals surface area contributed by atoms with Crippen molar-refractivity contribution >= 4 is 28.1 Å². The summed E-state index contributed by atoms with van der Waals surface area (Å²) >= 11 is 0. The lowest BCUT2D eigenvalue weighted by Gasteiger charge is -2.02. The molecule has 0 amide bonds. The monoisotopic (exact) mass is 309 g/mol. The average Bonchev–Trinajstić information content (AvgIpc) is 2.95. The summed E-state index contributed by atoms with van der Waals surface area (Å²) in [5.41, 5.74) is 6.41. The molecule has 2 N–H and O–H groups in total. The van der Waals surface area contributed by atoms with Crippen LogP contribution in [0.15, 0.2) is 53.6 Å². The fraction of sp³-hybridized carbons (Fsp3) is 0.125. The van der Waals surface area contributed by atoms with Gasteiger partial charge in [-0.3, -0.25) is 15.5 Å².